The minimum absolute atomic E-state index is 0.170. The zero-order chi connectivity index (χ0) is 29.6. The molecule has 0 bridgehead atoms. The van der Waals surface area contributed by atoms with Gasteiger partial charge in [-0.05, 0) is 60.4 Å². The fraction of sp³-hybridized carbons (Fsp3) is 0.438. The molecule has 218 valence electrons. The van der Waals surface area contributed by atoms with Crippen LogP contribution in [0.4, 0.5) is 0 Å². The Morgan fingerprint density at radius 1 is 1.07 bits per heavy atom. The number of benzene rings is 2. The maximum atomic E-state index is 13.8. The van der Waals surface area contributed by atoms with Crippen LogP contribution in [-0.2, 0) is 27.3 Å². The van der Waals surface area contributed by atoms with Crippen LogP contribution in [0.3, 0.4) is 0 Å². The Morgan fingerprint density at radius 2 is 1.76 bits per heavy atom. The normalized spacial score (nSPS) is 15.8. The summed E-state index contributed by atoms with van der Waals surface area (Å²) in [7, 11) is 1.62. The Labute approximate surface area is 246 Å². The molecule has 1 saturated heterocycles. The Balaban J connectivity index is 1.34. The molecule has 1 aliphatic heterocycles. The maximum Gasteiger partial charge on any atom is 0.246 e. The molecule has 2 aromatic carbocycles. The number of aromatic nitrogens is 1. The number of hydrogen-bond acceptors (Lipinski definition) is 6. The second kappa shape index (κ2) is 13.3. The molecule has 2 N–H and O–H groups in total. The lowest BCUT2D eigenvalue weighted by molar-refractivity contribution is -0.143. The van der Waals surface area contributed by atoms with Crippen LogP contribution in [0.5, 0.6) is 5.75 Å². The van der Waals surface area contributed by atoms with Crippen LogP contribution in [0.25, 0.3) is 10.4 Å². The predicted molar refractivity (Wildman–Crippen MR) is 162 cm³/mol. The number of rotatable bonds is 10. The van der Waals surface area contributed by atoms with Gasteiger partial charge in [-0.25, -0.2) is 4.98 Å². The third kappa shape index (κ3) is 7.73. The second-order valence-corrected chi connectivity index (χ2v) is 12.4. The summed E-state index contributed by atoms with van der Waals surface area (Å²) in [6.45, 7) is 8.66. The maximum absolute atomic E-state index is 13.8. The first kappa shape index (κ1) is 30.2. The molecule has 2 unspecified atom stereocenters. The second-order valence-electron chi connectivity index (χ2n) is 11.6. The van der Waals surface area contributed by atoms with Crippen molar-refractivity contribution in [3.8, 4) is 16.2 Å². The summed E-state index contributed by atoms with van der Waals surface area (Å²) >= 11 is 1.61. The smallest absolute Gasteiger partial charge is 0.246 e. The molecular formula is C32H40N4O4S. The first-order valence-electron chi connectivity index (χ1n) is 14.1. The molecule has 0 spiro atoms. The van der Waals surface area contributed by atoms with E-state index < -0.39 is 17.5 Å². The van der Waals surface area contributed by atoms with Gasteiger partial charge < -0.3 is 20.3 Å². The summed E-state index contributed by atoms with van der Waals surface area (Å²) in [6, 6.07) is 14.4. The molecule has 41 heavy (non-hydrogen) atoms. The number of thiazole rings is 1. The molecule has 0 aliphatic carbocycles. The number of ether oxygens (including phenoxy) is 1. The SMILES string of the molecule is COc1ccc(CCC(=O)NC(C(=O)N2CCCC2C(=O)NCc2ccc(-c3scnc3C)cc2)C(C)(C)C)cc1. The Kier molecular flexibility index (Phi) is 9.81. The summed E-state index contributed by atoms with van der Waals surface area (Å²) in [5.74, 6) is 0.195. The van der Waals surface area contributed by atoms with Crippen LogP contribution in [0.1, 0.15) is 56.9 Å². The highest BCUT2D eigenvalue weighted by Gasteiger charge is 2.41. The van der Waals surface area contributed by atoms with E-state index in [1.807, 2.05) is 81.7 Å². The van der Waals surface area contributed by atoms with E-state index in [1.165, 1.54) is 0 Å². The van der Waals surface area contributed by atoms with Crippen LogP contribution < -0.4 is 15.4 Å². The molecule has 1 fully saturated rings. The van der Waals surface area contributed by atoms with Gasteiger partial charge in [-0.2, -0.15) is 0 Å². The molecule has 2 heterocycles. The van der Waals surface area contributed by atoms with Gasteiger partial charge in [-0.3, -0.25) is 14.4 Å². The summed E-state index contributed by atoms with van der Waals surface area (Å²) < 4.78 is 5.19. The van der Waals surface area contributed by atoms with Crippen molar-refractivity contribution < 1.29 is 19.1 Å². The van der Waals surface area contributed by atoms with Crippen LogP contribution in [0.15, 0.2) is 54.0 Å². The summed E-state index contributed by atoms with van der Waals surface area (Å²) in [5, 5.41) is 5.99. The Morgan fingerprint density at radius 3 is 2.37 bits per heavy atom. The molecule has 3 aromatic rings. The number of likely N-dealkylation sites (tertiary alicyclic amines) is 1. The summed E-state index contributed by atoms with van der Waals surface area (Å²) in [4.78, 5) is 47.0. The first-order valence-corrected chi connectivity index (χ1v) is 14.9. The van der Waals surface area contributed by atoms with E-state index in [2.05, 4.69) is 15.6 Å². The van der Waals surface area contributed by atoms with Gasteiger partial charge in [-0.15, -0.1) is 11.3 Å². The van der Waals surface area contributed by atoms with E-state index in [0.29, 0.717) is 25.9 Å². The van der Waals surface area contributed by atoms with Crippen molar-refractivity contribution in [2.24, 2.45) is 5.41 Å². The fourth-order valence-corrected chi connectivity index (χ4v) is 5.87. The minimum Gasteiger partial charge on any atom is -0.497 e. The van der Waals surface area contributed by atoms with E-state index >= 15 is 0 Å². The number of nitrogens with zero attached hydrogens (tertiary/aromatic N) is 2. The monoisotopic (exact) mass is 576 g/mol. The molecule has 0 saturated carbocycles. The Hall–Kier alpha value is -3.72. The lowest BCUT2D eigenvalue weighted by atomic mass is 9.85. The average molecular weight is 577 g/mol. The van der Waals surface area contributed by atoms with E-state index in [0.717, 1.165) is 39.4 Å². The molecule has 4 rings (SSSR count). The van der Waals surface area contributed by atoms with E-state index in [-0.39, 0.29) is 24.1 Å². The molecule has 2 atom stereocenters. The van der Waals surface area contributed by atoms with E-state index in [4.69, 9.17) is 4.74 Å². The van der Waals surface area contributed by atoms with Gasteiger partial charge >= 0.3 is 0 Å². The van der Waals surface area contributed by atoms with Crippen molar-refractivity contribution in [2.75, 3.05) is 13.7 Å². The lowest BCUT2D eigenvalue weighted by Crippen LogP contribution is -2.57. The third-order valence-corrected chi connectivity index (χ3v) is 8.46. The van der Waals surface area contributed by atoms with Crippen molar-refractivity contribution in [2.45, 2.75) is 72.0 Å². The molecular weight excluding hydrogens is 536 g/mol. The highest BCUT2D eigenvalue weighted by atomic mass is 32.1. The van der Waals surface area contributed by atoms with Crippen molar-refractivity contribution in [1.29, 1.82) is 0 Å². The highest BCUT2D eigenvalue weighted by molar-refractivity contribution is 7.13. The number of hydrogen-bond donors (Lipinski definition) is 2. The molecule has 0 radical (unpaired) electrons. The molecule has 1 aliphatic rings. The number of carbonyl (C=O) groups is 3. The summed E-state index contributed by atoms with van der Waals surface area (Å²) in [6.07, 6.45) is 2.16. The van der Waals surface area contributed by atoms with E-state index in [9.17, 15) is 14.4 Å². The number of methoxy groups -OCH3 is 1. The van der Waals surface area contributed by atoms with Crippen LogP contribution in [0, 0.1) is 12.3 Å². The third-order valence-electron chi connectivity index (χ3n) is 7.49. The molecule has 9 heteroatoms. The van der Waals surface area contributed by atoms with Gasteiger partial charge in [0.05, 0.1) is 23.2 Å². The largest absolute Gasteiger partial charge is 0.497 e. The van der Waals surface area contributed by atoms with Crippen molar-refractivity contribution >= 4 is 29.1 Å². The van der Waals surface area contributed by atoms with Crippen LogP contribution >= 0.6 is 11.3 Å². The number of nitrogens with one attached hydrogen (secondary N) is 2. The molecule has 8 nitrogen and oxygen atoms in total. The minimum atomic E-state index is -0.734. The fourth-order valence-electron chi connectivity index (χ4n) is 5.06. The highest BCUT2D eigenvalue weighted by Crippen LogP contribution is 2.28. The van der Waals surface area contributed by atoms with Crippen LogP contribution in [0.2, 0.25) is 0 Å². The number of carbonyl (C=O) groups excluding carboxylic acids is 3. The Bertz CT molecular complexity index is 1350. The predicted octanol–water partition coefficient (Wildman–Crippen LogP) is 4.90. The zero-order valence-electron chi connectivity index (χ0n) is 24.5. The number of aryl methyl sites for hydroxylation is 2. The van der Waals surface area contributed by atoms with Gasteiger partial charge in [0.25, 0.3) is 0 Å². The van der Waals surface area contributed by atoms with Crippen molar-refractivity contribution in [3.05, 3.63) is 70.9 Å². The zero-order valence-corrected chi connectivity index (χ0v) is 25.3. The molecule has 3 amide bonds. The van der Waals surface area contributed by atoms with Gasteiger partial charge in [0.1, 0.15) is 17.8 Å². The van der Waals surface area contributed by atoms with Gasteiger partial charge in [-0.1, -0.05) is 57.2 Å². The standard InChI is InChI=1S/C32H40N4O4S/c1-21-28(41-20-34-21)24-13-8-23(9-14-24)19-33-30(38)26-7-6-18-36(26)31(39)29(32(2,3)4)35-27(37)17-12-22-10-15-25(40-5)16-11-22/h8-11,13-16,20,26,29H,6-7,12,17-19H2,1-5H3,(H,33,38)(H,35,37). The van der Waals surface area contributed by atoms with Crippen molar-refractivity contribution in [1.82, 2.24) is 20.5 Å². The topological polar surface area (TPSA) is 101 Å². The van der Waals surface area contributed by atoms with Crippen molar-refractivity contribution in [3.63, 3.8) is 0 Å². The van der Waals surface area contributed by atoms with Crippen LogP contribution in [-0.4, -0.2) is 53.3 Å². The molecule has 1 aromatic heterocycles. The quantitative estimate of drug-likeness (QED) is 0.358. The average Bonchev–Trinajstić information content (AvgIpc) is 3.62. The van der Waals surface area contributed by atoms with E-state index in [1.54, 1.807) is 23.3 Å². The van der Waals surface area contributed by atoms with Gasteiger partial charge in [0.15, 0.2) is 0 Å². The summed E-state index contributed by atoms with van der Waals surface area (Å²) in [5.41, 5.74) is 5.43. The first-order chi connectivity index (χ1) is 19.6. The van der Waals surface area contributed by atoms with Gasteiger partial charge in [0.2, 0.25) is 17.7 Å². The number of amides is 3. The van der Waals surface area contributed by atoms with Gasteiger partial charge in [0, 0.05) is 19.5 Å². The lowest BCUT2D eigenvalue weighted by Gasteiger charge is -2.35.